The summed E-state index contributed by atoms with van der Waals surface area (Å²) >= 11 is 0. The van der Waals surface area contributed by atoms with Crippen molar-refractivity contribution in [1.82, 2.24) is 16.1 Å². The number of carbonyl (C=O) groups excluding carboxylic acids is 1. The molecule has 0 aliphatic rings. The van der Waals surface area contributed by atoms with Crippen LogP contribution in [0.25, 0.3) is 0 Å². The minimum absolute atomic E-state index is 0.0767. The van der Waals surface area contributed by atoms with Crippen LogP contribution in [0.1, 0.15) is 47.0 Å². The minimum Gasteiger partial charge on any atom is -0.368 e. The molecule has 0 radical (unpaired) electrons. The Morgan fingerprint density at radius 3 is 2.45 bits per heavy atom. The second kappa shape index (κ2) is 10.1. The number of hydrogen-bond donors (Lipinski definition) is 5. The van der Waals surface area contributed by atoms with Gasteiger partial charge in [-0.15, -0.1) is 0 Å². The van der Waals surface area contributed by atoms with Gasteiger partial charge in [0.25, 0.3) is 0 Å². The van der Waals surface area contributed by atoms with Gasteiger partial charge in [-0.25, -0.2) is 0 Å². The van der Waals surface area contributed by atoms with Gasteiger partial charge in [0.2, 0.25) is 5.91 Å². The van der Waals surface area contributed by atoms with E-state index in [2.05, 4.69) is 16.1 Å². The Morgan fingerprint density at radius 1 is 1.30 bits per heavy atom. The number of hydroxylamine groups is 1. The molecular formula is C13H31N5O2. The Bertz CT molecular complexity index is 268. The molecule has 2 unspecified atom stereocenters. The summed E-state index contributed by atoms with van der Waals surface area (Å²) in [6.07, 6.45) is 2.39. The van der Waals surface area contributed by atoms with E-state index in [9.17, 15) is 4.79 Å². The van der Waals surface area contributed by atoms with Crippen LogP contribution in [0.4, 0.5) is 0 Å². The number of rotatable bonds is 11. The summed E-state index contributed by atoms with van der Waals surface area (Å²) in [6.45, 7) is 8.91. The first-order chi connectivity index (χ1) is 9.26. The second-order valence-corrected chi connectivity index (χ2v) is 5.97. The summed E-state index contributed by atoms with van der Waals surface area (Å²) in [5.41, 5.74) is 13.6. The predicted octanol–water partition coefficient (Wildman–Crippen LogP) is -0.228. The van der Waals surface area contributed by atoms with Crippen LogP contribution in [0.5, 0.6) is 0 Å². The quantitative estimate of drug-likeness (QED) is 0.204. The van der Waals surface area contributed by atoms with Crippen molar-refractivity contribution in [2.45, 2.75) is 64.7 Å². The SMILES string of the molecule is CC(NCONC(C)(C)C)NC(CCCCN)C(N)=O. The van der Waals surface area contributed by atoms with Crippen LogP contribution in [0.2, 0.25) is 0 Å². The fourth-order valence-corrected chi connectivity index (χ4v) is 1.58. The molecule has 120 valence electrons. The van der Waals surface area contributed by atoms with Gasteiger partial charge in [-0.3, -0.25) is 20.3 Å². The highest BCUT2D eigenvalue weighted by molar-refractivity contribution is 5.79. The smallest absolute Gasteiger partial charge is 0.234 e. The van der Waals surface area contributed by atoms with Crippen LogP contribution in [0.15, 0.2) is 0 Å². The average Bonchev–Trinajstić information content (AvgIpc) is 2.32. The van der Waals surface area contributed by atoms with Crippen LogP contribution in [0, 0.1) is 0 Å². The minimum atomic E-state index is -0.348. The van der Waals surface area contributed by atoms with Crippen molar-refractivity contribution in [2.75, 3.05) is 13.3 Å². The molecule has 0 aliphatic carbocycles. The van der Waals surface area contributed by atoms with Crippen LogP contribution in [-0.2, 0) is 9.63 Å². The molecule has 0 aromatic rings. The summed E-state index contributed by atoms with van der Waals surface area (Å²) in [5, 5.41) is 6.24. The van der Waals surface area contributed by atoms with Gasteiger partial charge >= 0.3 is 0 Å². The third-order valence-corrected chi connectivity index (χ3v) is 2.58. The first-order valence-electron chi connectivity index (χ1n) is 7.14. The Balaban J connectivity index is 3.89. The van der Waals surface area contributed by atoms with Gasteiger partial charge in [0.15, 0.2) is 0 Å². The van der Waals surface area contributed by atoms with Crippen molar-refractivity contribution in [3.05, 3.63) is 0 Å². The highest BCUT2D eigenvalue weighted by Crippen LogP contribution is 2.01. The molecule has 0 saturated carbocycles. The van der Waals surface area contributed by atoms with Crippen LogP contribution in [0.3, 0.4) is 0 Å². The van der Waals surface area contributed by atoms with Crippen LogP contribution in [-0.4, -0.2) is 36.9 Å². The molecule has 0 aromatic carbocycles. The van der Waals surface area contributed by atoms with E-state index >= 15 is 0 Å². The van der Waals surface area contributed by atoms with E-state index in [0.29, 0.717) is 19.7 Å². The molecule has 0 heterocycles. The number of amides is 1. The Hall–Kier alpha value is -0.730. The Morgan fingerprint density at radius 2 is 1.95 bits per heavy atom. The number of nitrogens with one attached hydrogen (secondary N) is 3. The summed E-state index contributed by atoms with van der Waals surface area (Å²) in [6, 6.07) is -0.348. The number of primary amides is 1. The molecule has 0 bridgehead atoms. The number of hydrogen-bond acceptors (Lipinski definition) is 6. The van der Waals surface area contributed by atoms with Crippen LogP contribution >= 0.6 is 0 Å². The standard InChI is InChI=1S/C13H31N5O2/c1-10(16-9-20-18-13(2,3)4)17-11(12(15)19)7-5-6-8-14/h10-11,16-18H,5-9,14H2,1-4H3,(H2,15,19). The van der Waals surface area contributed by atoms with Gasteiger partial charge in [0.05, 0.1) is 12.2 Å². The first-order valence-corrected chi connectivity index (χ1v) is 7.14. The van der Waals surface area contributed by atoms with Crippen molar-refractivity contribution >= 4 is 5.91 Å². The van der Waals surface area contributed by atoms with E-state index in [1.54, 1.807) is 0 Å². The van der Waals surface area contributed by atoms with Gasteiger partial charge in [-0.05, 0) is 47.1 Å². The van der Waals surface area contributed by atoms with Crippen molar-refractivity contribution in [3.8, 4) is 0 Å². The first kappa shape index (κ1) is 19.3. The molecule has 0 aromatic heterocycles. The van der Waals surface area contributed by atoms with E-state index in [1.807, 2.05) is 27.7 Å². The Labute approximate surface area is 122 Å². The van der Waals surface area contributed by atoms with Gasteiger partial charge in [-0.1, -0.05) is 6.42 Å². The molecule has 2 atom stereocenters. The summed E-state index contributed by atoms with van der Waals surface area (Å²) in [5.74, 6) is -0.343. The number of carbonyl (C=O) groups is 1. The molecule has 7 N–H and O–H groups in total. The van der Waals surface area contributed by atoms with Crippen molar-refractivity contribution in [3.63, 3.8) is 0 Å². The van der Waals surface area contributed by atoms with Gasteiger partial charge in [0.1, 0.15) is 6.73 Å². The van der Waals surface area contributed by atoms with E-state index in [4.69, 9.17) is 16.3 Å². The zero-order valence-corrected chi connectivity index (χ0v) is 13.2. The summed E-state index contributed by atoms with van der Waals surface area (Å²) < 4.78 is 0. The maximum absolute atomic E-state index is 11.3. The molecule has 20 heavy (non-hydrogen) atoms. The summed E-state index contributed by atoms with van der Waals surface area (Å²) in [7, 11) is 0. The van der Waals surface area contributed by atoms with E-state index in [1.165, 1.54) is 0 Å². The van der Waals surface area contributed by atoms with E-state index < -0.39 is 0 Å². The topological polar surface area (TPSA) is 114 Å². The lowest BCUT2D eigenvalue weighted by atomic mass is 10.1. The molecule has 7 heteroatoms. The van der Waals surface area contributed by atoms with E-state index in [0.717, 1.165) is 12.8 Å². The predicted molar refractivity (Wildman–Crippen MR) is 80.5 cm³/mol. The normalized spacial score (nSPS) is 15.1. The molecule has 0 rings (SSSR count). The summed E-state index contributed by atoms with van der Waals surface area (Å²) in [4.78, 5) is 16.6. The van der Waals surface area contributed by atoms with E-state index in [-0.39, 0.29) is 23.7 Å². The zero-order valence-electron chi connectivity index (χ0n) is 13.2. The fourth-order valence-electron chi connectivity index (χ4n) is 1.58. The van der Waals surface area contributed by atoms with Crippen LogP contribution < -0.4 is 27.6 Å². The maximum atomic E-state index is 11.3. The monoisotopic (exact) mass is 289 g/mol. The number of unbranched alkanes of at least 4 members (excludes halogenated alkanes) is 1. The molecule has 1 amide bonds. The molecule has 0 spiro atoms. The number of nitrogens with two attached hydrogens (primary N) is 2. The lowest BCUT2D eigenvalue weighted by Crippen LogP contribution is -2.52. The molecule has 0 aliphatic heterocycles. The lowest BCUT2D eigenvalue weighted by Gasteiger charge is -2.24. The zero-order chi connectivity index (χ0) is 15.6. The highest BCUT2D eigenvalue weighted by Gasteiger charge is 2.17. The van der Waals surface area contributed by atoms with Crippen molar-refractivity contribution in [1.29, 1.82) is 0 Å². The van der Waals surface area contributed by atoms with Crippen molar-refractivity contribution in [2.24, 2.45) is 11.5 Å². The van der Waals surface area contributed by atoms with Gasteiger partial charge in [0, 0.05) is 5.54 Å². The lowest BCUT2D eigenvalue weighted by molar-refractivity contribution is -0.120. The molecule has 0 fully saturated rings. The highest BCUT2D eigenvalue weighted by atomic mass is 16.7. The third kappa shape index (κ3) is 11.1. The molecular weight excluding hydrogens is 258 g/mol. The fraction of sp³-hybridized carbons (Fsp3) is 0.923. The maximum Gasteiger partial charge on any atom is 0.234 e. The van der Waals surface area contributed by atoms with Gasteiger partial charge in [-0.2, -0.15) is 5.48 Å². The second-order valence-electron chi connectivity index (χ2n) is 5.97. The van der Waals surface area contributed by atoms with Gasteiger partial charge < -0.3 is 11.5 Å². The van der Waals surface area contributed by atoms with Crippen molar-refractivity contribution < 1.29 is 9.63 Å². The average molecular weight is 289 g/mol. The largest absolute Gasteiger partial charge is 0.368 e. The molecule has 0 saturated heterocycles. The molecule has 7 nitrogen and oxygen atoms in total. The Kier molecular flexibility index (Phi) is 9.70. The third-order valence-electron chi connectivity index (χ3n) is 2.58.